The number of hydrogen-bond acceptors (Lipinski definition) is 4. The third-order valence-corrected chi connectivity index (χ3v) is 6.57. The number of nitriles is 1. The number of rotatable bonds is 3. The van der Waals surface area contributed by atoms with E-state index in [-0.39, 0.29) is 18.8 Å². The molecule has 0 amide bonds. The van der Waals surface area contributed by atoms with Crippen LogP contribution in [0.25, 0.3) is 10.1 Å². The van der Waals surface area contributed by atoms with Gasteiger partial charge in [0.2, 0.25) is 0 Å². The van der Waals surface area contributed by atoms with E-state index in [9.17, 15) is 14.0 Å². The summed E-state index contributed by atoms with van der Waals surface area (Å²) in [4.78, 5) is 0. The van der Waals surface area contributed by atoms with Gasteiger partial charge in [-0.15, -0.1) is 11.3 Å². The van der Waals surface area contributed by atoms with Gasteiger partial charge in [0.1, 0.15) is 11.9 Å². The second-order valence-corrected chi connectivity index (χ2v) is 8.04. The minimum atomic E-state index is -2.58. The maximum atomic E-state index is 13.5. The highest BCUT2D eigenvalue weighted by molar-refractivity contribution is 7.17. The van der Waals surface area contributed by atoms with E-state index in [1.165, 1.54) is 11.3 Å². The number of nitrogens with zero attached hydrogens (tertiary/aromatic N) is 1. The van der Waals surface area contributed by atoms with Crippen molar-refractivity contribution in [3.8, 4) is 6.07 Å². The Kier molecular flexibility index (Phi) is 3.81. The van der Waals surface area contributed by atoms with Crippen molar-refractivity contribution in [2.75, 3.05) is 0 Å². The van der Waals surface area contributed by atoms with E-state index in [1.54, 1.807) is 6.07 Å². The van der Waals surface area contributed by atoms with E-state index in [1.807, 2.05) is 31.4 Å². The molecule has 2 aliphatic rings. The molecule has 4 rings (SSSR count). The van der Waals surface area contributed by atoms with E-state index in [0.29, 0.717) is 11.4 Å². The number of benzene rings is 1. The Balaban J connectivity index is 1.84. The minimum Gasteiger partial charge on any atom is -0.385 e. The molecule has 26 heavy (non-hydrogen) atoms. The number of halogens is 2. The van der Waals surface area contributed by atoms with E-state index in [0.717, 1.165) is 32.5 Å². The first-order chi connectivity index (χ1) is 12.3. The maximum absolute atomic E-state index is 13.5. The number of alkyl halides is 2. The summed E-state index contributed by atoms with van der Waals surface area (Å²) in [5.74, 6) is -2.86. The number of nitrogens with one attached hydrogen (secondary N) is 1. The van der Waals surface area contributed by atoms with Gasteiger partial charge in [-0.3, -0.25) is 0 Å². The molecule has 1 aromatic carbocycles. The molecule has 1 aromatic heterocycles. The molecule has 3 nitrogen and oxygen atoms in total. The molecule has 0 spiro atoms. The Morgan fingerprint density at radius 3 is 2.77 bits per heavy atom. The van der Waals surface area contributed by atoms with E-state index in [2.05, 4.69) is 11.4 Å². The Hall–Kier alpha value is -2.39. The molecule has 0 radical (unpaired) electrons. The van der Waals surface area contributed by atoms with Crippen LogP contribution in [0.4, 0.5) is 8.78 Å². The van der Waals surface area contributed by atoms with Crippen LogP contribution in [0.3, 0.4) is 0 Å². The molecule has 0 bridgehead atoms. The van der Waals surface area contributed by atoms with Crippen molar-refractivity contribution < 1.29 is 8.78 Å². The molecular formula is C20H19F2N3S. The highest BCUT2D eigenvalue weighted by Crippen LogP contribution is 2.55. The lowest BCUT2D eigenvalue weighted by molar-refractivity contribution is 0.0986. The van der Waals surface area contributed by atoms with Crippen molar-refractivity contribution in [2.24, 2.45) is 11.7 Å². The van der Waals surface area contributed by atoms with Crippen LogP contribution < -0.4 is 11.1 Å². The number of allylic oxidation sites excluding steroid dienone is 3. The first kappa shape index (κ1) is 17.0. The van der Waals surface area contributed by atoms with Crippen molar-refractivity contribution in [3.63, 3.8) is 0 Å². The Morgan fingerprint density at radius 1 is 1.38 bits per heavy atom. The average Bonchev–Trinajstić information content (AvgIpc) is 3.01. The van der Waals surface area contributed by atoms with Gasteiger partial charge in [0, 0.05) is 24.0 Å². The normalized spacial score (nSPS) is 24.6. The lowest BCUT2D eigenvalue weighted by atomic mass is 9.80. The Labute approximate surface area is 154 Å². The highest BCUT2D eigenvalue weighted by atomic mass is 32.1. The molecule has 2 heterocycles. The van der Waals surface area contributed by atoms with Crippen molar-refractivity contribution in [2.45, 2.75) is 38.5 Å². The molecule has 1 saturated carbocycles. The lowest BCUT2D eigenvalue weighted by Gasteiger charge is -2.30. The van der Waals surface area contributed by atoms with Gasteiger partial charge in [0.15, 0.2) is 0 Å². The number of thiophene rings is 1. The quantitative estimate of drug-likeness (QED) is 0.801. The van der Waals surface area contributed by atoms with Crippen LogP contribution in [0.2, 0.25) is 0 Å². The molecule has 0 saturated heterocycles. The SMILES string of the molecule is CC1=C(C)C(c2csc3c(C#N)cccc23)C(CC2CC2(F)F)=C(N)N1. The molecule has 6 heteroatoms. The summed E-state index contributed by atoms with van der Waals surface area (Å²) in [5.41, 5.74) is 10.8. The molecule has 1 fully saturated rings. The molecule has 134 valence electrons. The zero-order chi connectivity index (χ0) is 18.6. The fourth-order valence-electron chi connectivity index (χ4n) is 3.81. The van der Waals surface area contributed by atoms with Gasteiger partial charge in [-0.1, -0.05) is 12.1 Å². The van der Waals surface area contributed by atoms with Crippen LogP contribution in [0.15, 0.2) is 46.2 Å². The third kappa shape index (κ3) is 2.58. The summed E-state index contributed by atoms with van der Waals surface area (Å²) in [6, 6.07) is 7.89. The van der Waals surface area contributed by atoms with Crippen molar-refractivity contribution >= 4 is 21.4 Å². The number of nitrogens with two attached hydrogens (primary N) is 1. The summed E-state index contributed by atoms with van der Waals surface area (Å²) in [6.07, 6.45) is 0.220. The average molecular weight is 371 g/mol. The van der Waals surface area contributed by atoms with Gasteiger partial charge in [-0.25, -0.2) is 8.78 Å². The van der Waals surface area contributed by atoms with Gasteiger partial charge in [-0.05, 0) is 53.8 Å². The fraction of sp³-hybridized carbons (Fsp3) is 0.350. The van der Waals surface area contributed by atoms with Crippen molar-refractivity contribution in [1.82, 2.24) is 5.32 Å². The largest absolute Gasteiger partial charge is 0.385 e. The summed E-state index contributed by atoms with van der Waals surface area (Å²) in [7, 11) is 0. The van der Waals surface area contributed by atoms with Crippen molar-refractivity contribution in [1.29, 1.82) is 5.26 Å². The van der Waals surface area contributed by atoms with Gasteiger partial charge in [0.25, 0.3) is 5.92 Å². The van der Waals surface area contributed by atoms with Gasteiger partial charge in [-0.2, -0.15) is 5.26 Å². The highest BCUT2D eigenvalue weighted by Gasteiger charge is 2.57. The number of fused-ring (bicyclic) bond motifs is 1. The first-order valence-electron chi connectivity index (χ1n) is 8.54. The Bertz CT molecular complexity index is 1010. The van der Waals surface area contributed by atoms with Crippen LogP contribution in [0.5, 0.6) is 0 Å². The van der Waals surface area contributed by atoms with Gasteiger partial charge in [0.05, 0.1) is 10.3 Å². The molecular weight excluding hydrogens is 352 g/mol. The second-order valence-electron chi connectivity index (χ2n) is 7.16. The monoisotopic (exact) mass is 371 g/mol. The van der Waals surface area contributed by atoms with Crippen LogP contribution in [0, 0.1) is 17.2 Å². The molecule has 1 aliphatic heterocycles. The topological polar surface area (TPSA) is 61.8 Å². The predicted molar refractivity (Wildman–Crippen MR) is 99.7 cm³/mol. The maximum Gasteiger partial charge on any atom is 0.251 e. The van der Waals surface area contributed by atoms with Crippen LogP contribution in [0.1, 0.15) is 43.7 Å². The molecule has 1 aliphatic carbocycles. The predicted octanol–water partition coefficient (Wildman–Crippen LogP) is 4.97. The standard InChI is InChI=1S/C20H19F2N3S/c1-10-11(2)25-19(24)15(6-13-7-20(13,21)22)17(10)16-9-26-18-12(8-23)4-3-5-14(16)18/h3-5,9,13,17,25H,6-7,24H2,1-2H3. The molecule has 2 unspecified atom stereocenters. The summed E-state index contributed by atoms with van der Waals surface area (Å²) in [6.45, 7) is 3.97. The van der Waals surface area contributed by atoms with E-state index in [4.69, 9.17) is 5.73 Å². The first-order valence-corrected chi connectivity index (χ1v) is 9.42. The van der Waals surface area contributed by atoms with E-state index < -0.39 is 11.8 Å². The van der Waals surface area contributed by atoms with Crippen molar-refractivity contribution in [3.05, 3.63) is 57.4 Å². The number of hydrogen-bond donors (Lipinski definition) is 2. The molecule has 2 aromatic rings. The number of dihydropyridines is 1. The summed E-state index contributed by atoms with van der Waals surface area (Å²) >= 11 is 1.52. The van der Waals surface area contributed by atoms with Gasteiger partial charge >= 0.3 is 0 Å². The summed E-state index contributed by atoms with van der Waals surface area (Å²) < 4.78 is 28.0. The minimum absolute atomic E-state index is 0.0682. The van der Waals surface area contributed by atoms with Crippen LogP contribution >= 0.6 is 11.3 Å². The van der Waals surface area contributed by atoms with Gasteiger partial charge < -0.3 is 11.1 Å². The zero-order valence-corrected chi connectivity index (χ0v) is 15.4. The third-order valence-electron chi connectivity index (χ3n) is 5.52. The Morgan fingerprint density at radius 2 is 2.12 bits per heavy atom. The van der Waals surface area contributed by atoms with E-state index >= 15 is 0 Å². The smallest absolute Gasteiger partial charge is 0.251 e. The van der Waals surface area contributed by atoms with Crippen LogP contribution in [-0.2, 0) is 0 Å². The summed E-state index contributed by atoms with van der Waals surface area (Å²) in [5, 5.41) is 15.5. The van der Waals surface area contributed by atoms with Crippen LogP contribution in [-0.4, -0.2) is 5.92 Å². The second kappa shape index (κ2) is 5.82. The molecule has 2 atom stereocenters. The fourth-order valence-corrected chi connectivity index (χ4v) is 4.87. The molecule has 3 N–H and O–H groups in total. The lowest BCUT2D eigenvalue weighted by Crippen LogP contribution is -2.29. The zero-order valence-electron chi connectivity index (χ0n) is 14.6.